The van der Waals surface area contributed by atoms with Gasteiger partial charge in [-0.3, -0.25) is 4.79 Å². The molecule has 146 valence electrons. The van der Waals surface area contributed by atoms with Crippen molar-refractivity contribution in [3.05, 3.63) is 0 Å². The Labute approximate surface area is 147 Å². The van der Waals surface area contributed by atoms with Gasteiger partial charge in [-0.25, -0.2) is 4.79 Å². The summed E-state index contributed by atoms with van der Waals surface area (Å²) in [6, 6.07) is 0. The highest BCUT2D eigenvalue weighted by Crippen LogP contribution is 2.25. The first-order valence-electron chi connectivity index (χ1n) is 8.96. The second kappa shape index (κ2) is 10.7. The van der Waals surface area contributed by atoms with Crippen LogP contribution in [-0.4, -0.2) is 63.1 Å². The first-order valence-corrected chi connectivity index (χ1v) is 8.96. The van der Waals surface area contributed by atoms with Crippen molar-refractivity contribution < 1.29 is 39.5 Å². The molecule has 8 nitrogen and oxygen atoms in total. The van der Waals surface area contributed by atoms with E-state index in [-0.39, 0.29) is 5.92 Å². The van der Waals surface area contributed by atoms with Crippen molar-refractivity contribution in [2.45, 2.75) is 89.5 Å². The van der Waals surface area contributed by atoms with Crippen LogP contribution in [0.25, 0.3) is 0 Å². The van der Waals surface area contributed by atoms with Gasteiger partial charge in [0.15, 0.2) is 6.10 Å². The van der Waals surface area contributed by atoms with E-state index in [0.717, 1.165) is 32.1 Å². The summed E-state index contributed by atoms with van der Waals surface area (Å²) in [7, 11) is 0. The molecular formula is C17H30O8. The fraction of sp³-hybridized carbons (Fsp3) is 0.882. The highest BCUT2D eigenvalue weighted by atomic mass is 16.7. The summed E-state index contributed by atoms with van der Waals surface area (Å²) in [6.45, 7) is 4.04. The van der Waals surface area contributed by atoms with Gasteiger partial charge >= 0.3 is 11.9 Å². The lowest BCUT2D eigenvalue weighted by Crippen LogP contribution is -2.60. The van der Waals surface area contributed by atoms with Crippen LogP contribution in [0.5, 0.6) is 0 Å². The quantitative estimate of drug-likeness (QED) is 0.331. The number of ether oxygens (including phenoxy) is 2. The maximum Gasteiger partial charge on any atom is 0.335 e. The van der Waals surface area contributed by atoms with Crippen molar-refractivity contribution in [3.63, 3.8) is 0 Å². The summed E-state index contributed by atoms with van der Waals surface area (Å²) >= 11 is 0. The molecule has 4 N–H and O–H groups in total. The van der Waals surface area contributed by atoms with E-state index in [1.807, 2.05) is 6.92 Å². The Morgan fingerprint density at radius 2 is 1.64 bits per heavy atom. The Morgan fingerprint density at radius 1 is 0.960 bits per heavy atom. The summed E-state index contributed by atoms with van der Waals surface area (Å²) in [5.41, 5.74) is 0. The number of carboxylic acids is 1. The third-order valence-corrected chi connectivity index (χ3v) is 4.42. The normalized spacial score (nSPS) is 30.7. The number of aliphatic hydroxyl groups is 3. The first-order chi connectivity index (χ1) is 11.8. The molecular weight excluding hydrogens is 332 g/mol. The maximum atomic E-state index is 12.4. The molecule has 0 aromatic rings. The van der Waals surface area contributed by atoms with Crippen LogP contribution in [0.3, 0.4) is 0 Å². The topological polar surface area (TPSA) is 134 Å². The van der Waals surface area contributed by atoms with Crippen molar-refractivity contribution in [1.29, 1.82) is 0 Å². The van der Waals surface area contributed by atoms with Crippen LogP contribution in [-0.2, 0) is 19.1 Å². The molecule has 3 unspecified atom stereocenters. The summed E-state index contributed by atoms with van der Waals surface area (Å²) in [6.07, 6.45) is -2.59. The number of hydrogen-bond donors (Lipinski definition) is 4. The summed E-state index contributed by atoms with van der Waals surface area (Å²) in [5, 5.41) is 38.3. The number of carbonyl (C=O) groups excluding carboxylic acids is 1. The van der Waals surface area contributed by atoms with Gasteiger partial charge in [-0.2, -0.15) is 0 Å². The number of rotatable bonds is 10. The van der Waals surface area contributed by atoms with Gasteiger partial charge in [0.25, 0.3) is 0 Å². The van der Waals surface area contributed by atoms with Crippen LogP contribution in [0.2, 0.25) is 0 Å². The van der Waals surface area contributed by atoms with Crippen LogP contribution in [0.15, 0.2) is 0 Å². The molecule has 0 spiro atoms. The average molecular weight is 362 g/mol. The molecule has 1 aliphatic heterocycles. The predicted molar refractivity (Wildman–Crippen MR) is 87.6 cm³/mol. The number of unbranched alkanes of at least 4 members (excludes halogenated alkanes) is 3. The maximum absolute atomic E-state index is 12.4. The van der Waals surface area contributed by atoms with E-state index in [1.54, 1.807) is 0 Å². The zero-order valence-corrected chi connectivity index (χ0v) is 14.8. The van der Waals surface area contributed by atoms with E-state index in [1.165, 1.54) is 0 Å². The minimum atomic E-state index is -1.80. The lowest BCUT2D eigenvalue weighted by atomic mass is 9.96. The van der Waals surface area contributed by atoms with Crippen LogP contribution in [0.1, 0.15) is 58.8 Å². The van der Waals surface area contributed by atoms with Gasteiger partial charge in [-0.05, 0) is 12.8 Å². The predicted octanol–water partition coefficient (Wildman–Crippen LogP) is 0.808. The van der Waals surface area contributed by atoms with E-state index >= 15 is 0 Å². The third kappa shape index (κ3) is 6.22. The summed E-state index contributed by atoms with van der Waals surface area (Å²) in [5.74, 6) is -2.47. The molecule has 1 fully saturated rings. The molecule has 1 heterocycles. The van der Waals surface area contributed by atoms with Crippen molar-refractivity contribution in [2.75, 3.05) is 0 Å². The summed E-state index contributed by atoms with van der Waals surface area (Å²) < 4.78 is 10.1. The fourth-order valence-electron chi connectivity index (χ4n) is 2.91. The summed E-state index contributed by atoms with van der Waals surface area (Å²) in [4.78, 5) is 23.4. The minimum Gasteiger partial charge on any atom is -0.479 e. The number of carbonyl (C=O) groups is 2. The lowest BCUT2D eigenvalue weighted by Gasteiger charge is -2.38. The molecule has 0 saturated carbocycles. The monoisotopic (exact) mass is 362 g/mol. The van der Waals surface area contributed by atoms with Crippen LogP contribution < -0.4 is 0 Å². The molecule has 0 amide bonds. The number of esters is 1. The number of carboxylic acid groups (broad SMARTS) is 1. The third-order valence-electron chi connectivity index (χ3n) is 4.42. The molecule has 0 aromatic carbocycles. The van der Waals surface area contributed by atoms with Crippen molar-refractivity contribution in [1.82, 2.24) is 0 Å². The van der Waals surface area contributed by atoms with Gasteiger partial charge in [0.1, 0.15) is 18.3 Å². The van der Waals surface area contributed by atoms with E-state index in [0.29, 0.717) is 12.8 Å². The average Bonchev–Trinajstić information content (AvgIpc) is 2.57. The zero-order chi connectivity index (χ0) is 19.0. The Kier molecular flexibility index (Phi) is 9.34. The first kappa shape index (κ1) is 21.8. The number of hydrogen-bond acceptors (Lipinski definition) is 7. The highest BCUT2D eigenvalue weighted by molar-refractivity contribution is 5.74. The van der Waals surface area contributed by atoms with Crippen molar-refractivity contribution in [3.8, 4) is 0 Å². The van der Waals surface area contributed by atoms with Gasteiger partial charge in [0.2, 0.25) is 6.29 Å². The zero-order valence-electron chi connectivity index (χ0n) is 14.8. The van der Waals surface area contributed by atoms with Gasteiger partial charge in [0, 0.05) is 0 Å². The van der Waals surface area contributed by atoms with Crippen molar-refractivity contribution in [2.24, 2.45) is 5.92 Å². The molecule has 1 rings (SSSR count). The molecule has 0 aliphatic carbocycles. The SMILES string of the molecule is CCCCCC[C@H](CCC)C(=O)O[C@@H]1OC(C(=O)O)[C@H](O)C(O)C1O. The van der Waals surface area contributed by atoms with E-state index < -0.39 is 42.6 Å². The largest absolute Gasteiger partial charge is 0.479 e. The smallest absolute Gasteiger partial charge is 0.335 e. The minimum absolute atomic E-state index is 0.370. The molecule has 0 bridgehead atoms. The van der Waals surface area contributed by atoms with Crippen LogP contribution in [0, 0.1) is 5.92 Å². The van der Waals surface area contributed by atoms with Gasteiger partial charge in [-0.1, -0.05) is 46.0 Å². The van der Waals surface area contributed by atoms with E-state index in [2.05, 4.69) is 6.92 Å². The Morgan fingerprint density at radius 3 is 2.20 bits per heavy atom. The standard InChI is InChI=1S/C17H30O8/c1-3-5-6-7-9-10(8-4-2)16(23)25-17-13(20)11(18)12(19)14(24-17)15(21)22/h10-14,17-20H,3-9H2,1-2H3,(H,21,22)/t10-,11?,12+,13?,14?,17-/m0/s1. The second-order valence-electron chi connectivity index (χ2n) is 6.51. The molecule has 8 heteroatoms. The van der Waals surface area contributed by atoms with E-state index in [9.17, 15) is 24.9 Å². The fourth-order valence-corrected chi connectivity index (χ4v) is 2.91. The Balaban J connectivity index is 2.68. The number of aliphatic hydroxyl groups excluding tert-OH is 3. The molecule has 0 aromatic heterocycles. The molecule has 6 atom stereocenters. The molecule has 1 aliphatic rings. The van der Waals surface area contributed by atoms with Crippen LogP contribution in [0.4, 0.5) is 0 Å². The van der Waals surface area contributed by atoms with Gasteiger partial charge in [-0.15, -0.1) is 0 Å². The molecule has 25 heavy (non-hydrogen) atoms. The number of aliphatic carboxylic acids is 1. The lowest BCUT2D eigenvalue weighted by molar-refractivity contribution is -0.287. The molecule has 1 saturated heterocycles. The Hall–Kier alpha value is -1.22. The van der Waals surface area contributed by atoms with Gasteiger partial charge < -0.3 is 29.9 Å². The van der Waals surface area contributed by atoms with Crippen LogP contribution >= 0.6 is 0 Å². The second-order valence-corrected chi connectivity index (χ2v) is 6.51. The highest BCUT2D eigenvalue weighted by Gasteiger charge is 2.48. The van der Waals surface area contributed by atoms with Gasteiger partial charge in [0.05, 0.1) is 5.92 Å². The van der Waals surface area contributed by atoms with Crippen molar-refractivity contribution >= 4 is 11.9 Å². The van der Waals surface area contributed by atoms with E-state index in [4.69, 9.17) is 14.6 Å². The Bertz CT molecular complexity index is 427. The molecule has 0 radical (unpaired) electrons.